The second-order valence-corrected chi connectivity index (χ2v) is 5.41. The highest BCUT2D eigenvalue weighted by atomic mass is 79.9. The Morgan fingerprint density at radius 2 is 2.19 bits per heavy atom. The van der Waals surface area contributed by atoms with Crippen LogP contribution in [0.25, 0.3) is 0 Å². The van der Waals surface area contributed by atoms with E-state index in [0.717, 1.165) is 11.5 Å². The first kappa shape index (κ1) is 15.5. The Morgan fingerprint density at radius 1 is 1.43 bits per heavy atom. The molecule has 0 aromatic carbocycles. The lowest BCUT2D eigenvalue weighted by Gasteiger charge is -2.10. The molecule has 1 N–H and O–H groups in total. The van der Waals surface area contributed by atoms with Crippen LogP contribution in [0, 0.1) is 13.8 Å². The zero-order chi connectivity index (χ0) is 15.4. The van der Waals surface area contributed by atoms with Crippen molar-refractivity contribution in [2.24, 2.45) is 0 Å². The molecule has 7 heteroatoms. The normalized spacial score (nSPS) is 10.5. The zero-order valence-electron chi connectivity index (χ0n) is 12.1. The van der Waals surface area contributed by atoms with Crippen molar-refractivity contribution in [1.29, 1.82) is 0 Å². The number of esters is 1. The third-order valence-corrected chi connectivity index (χ3v) is 3.52. The molecule has 0 aliphatic heterocycles. The molecule has 0 atom stereocenters. The van der Waals surface area contributed by atoms with Gasteiger partial charge in [0.15, 0.2) is 0 Å². The van der Waals surface area contributed by atoms with Crippen LogP contribution in [0.15, 0.2) is 21.1 Å². The van der Waals surface area contributed by atoms with Gasteiger partial charge in [-0.25, -0.2) is 9.78 Å². The maximum Gasteiger partial charge on any atom is 0.339 e. The Kier molecular flexibility index (Phi) is 4.95. The number of hydrogen-bond acceptors (Lipinski definition) is 6. The first-order valence-corrected chi connectivity index (χ1v) is 7.22. The maximum atomic E-state index is 11.6. The number of nitrogens with zero attached hydrogens (tertiary/aromatic N) is 2. The molecule has 0 unspecified atom stereocenters. The van der Waals surface area contributed by atoms with Gasteiger partial charge in [0.2, 0.25) is 0 Å². The molecule has 0 spiro atoms. The summed E-state index contributed by atoms with van der Waals surface area (Å²) >= 11 is 3.40. The molecule has 2 aromatic heterocycles. The van der Waals surface area contributed by atoms with Crippen LogP contribution in [0.4, 0.5) is 5.82 Å². The van der Waals surface area contributed by atoms with E-state index in [4.69, 9.17) is 9.26 Å². The maximum absolute atomic E-state index is 11.6. The van der Waals surface area contributed by atoms with Crippen molar-refractivity contribution in [3.05, 3.63) is 39.3 Å². The summed E-state index contributed by atoms with van der Waals surface area (Å²) in [7, 11) is 1.35. The molecule has 0 bridgehead atoms. The van der Waals surface area contributed by atoms with Crippen molar-refractivity contribution in [2.75, 3.05) is 19.0 Å². The molecule has 2 heterocycles. The standard InChI is InChI=1S/C14H16BrN3O3/c1-8-6-10(21-18-8)4-5-16-13-12(15)7-11(9(2)17-13)14(19)20-3/h6-7H,4-5H2,1-3H3,(H,16,17). The van der Waals surface area contributed by atoms with E-state index in [1.54, 1.807) is 13.0 Å². The van der Waals surface area contributed by atoms with Gasteiger partial charge in [0.25, 0.3) is 0 Å². The topological polar surface area (TPSA) is 77.2 Å². The molecule has 0 amide bonds. The van der Waals surface area contributed by atoms with E-state index in [9.17, 15) is 4.79 Å². The molecule has 6 nitrogen and oxygen atoms in total. The van der Waals surface area contributed by atoms with E-state index in [2.05, 4.69) is 31.4 Å². The molecule has 2 aromatic rings. The molecule has 112 valence electrons. The Balaban J connectivity index is 2.03. The van der Waals surface area contributed by atoms with Crippen LogP contribution >= 0.6 is 15.9 Å². The number of carbonyl (C=O) groups is 1. The minimum absolute atomic E-state index is 0.399. The van der Waals surface area contributed by atoms with Crippen molar-refractivity contribution in [2.45, 2.75) is 20.3 Å². The minimum Gasteiger partial charge on any atom is -0.465 e. The number of rotatable bonds is 5. The van der Waals surface area contributed by atoms with E-state index in [-0.39, 0.29) is 0 Å². The molecule has 0 fully saturated rings. The summed E-state index contributed by atoms with van der Waals surface area (Å²) < 4.78 is 10.6. The van der Waals surface area contributed by atoms with E-state index >= 15 is 0 Å². The molecule has 0 aliphatic carbocycles. The number of ether oxygens (including phenoxy) is 1. The predicted molar refractivity (Wildman–Crippen MR) is 81.4 cm³/mol. The van der Waals surface area contributed by atoms with Gasteiger partial charge < -0.3 is 14.6 Å². The zero-order valence-corrected chi connectivity index (χ0v) is 13.7. The van der Waals surface area contributed by atoms with Gasteiger partial charge in [-0.15, -0.1) is 0 Å². The Labute approximate surface area is 131 Å². The number of aromatic nitrogens is 2. The van der Waals surface area contributed by atoms with Crippen molar-refractivity contribution >= 4 is 27.7 Å². The smallest absolute Gasteiger partial charge is 0.339 e. The summed E-state index contributed by atoms with van der Waals surface area (Å²) in [5.74, 6) is 1.10. The number of halogens is 1. The monoisotopic (exact) mass is 353 g/mol. The summed E-state index contributed by atoms with van der Waals surface area (Å²) in [4.78, 5) is 15.9. The number of methoxy groups -OCH3 is 1. The quantitative estimate of drug-likeness (QED) is 0.832. The summed E-state index contributed by atoms with van der Waals surface area (Å²) in [6.07, 6.45) is 0.701. The lowest BCUT2D eigenvalue weighted by molar-refractivity contribution is 0.0599. The van der Waals surface area contributed by atoms with E-state index in [1.807, 2.05) is 13.0 Å². The fraction of sp³-hybridized carbons (Fsp3) is 0.357. The molecule has 21 heavy (non-hydrogen) atoms. The lowest BCUT2D eigenvalue weighted by atomic mass is 10.2. The van der Waals surface area contributed by atoms with Crippen LogP contribution in [0.1, 0.15) is 27.5 Å². The van der Waals surface area contributed by atoms with Gasteiger partial charge in [0.1, 0.15) is 11.6 Å². The number of hydrogen-bond donors (Lipinski definition) is 1. The highest BCUT2D eigenvalue weighted by molar-refractivity contribution is 9.10. The van der Waals surface area contributed by atoms with Gasteiger partial charge in [-0.2, -0.15) is 0 Å². The van der Waals surface area contributed by atoms with E-state index in [1.165, 1.54) is 7.11 Å². The third-order valence-electron chi connectivity index (χ3n) is 2.91. The first-order chi connectivity index (χ1) is 10.0. The van der Waals surface area contributed by atoms with Crippen LogP contribution < -0.4 is 5.32 Å². The van der Waals surface area contributed by atoms with Crippen LogP contribution in [-0.4, -0.2) is 29.8 Å². The number of pyridine rings is 1. The number of nitrogens with one attached hydrogen (secondary N) is 1. The molecule has 0 radical (unpaired) electrons. The van der Waals surface area contributed by atoms with Crippen molar-refractivity contribution in [3.8, 4) is 0 Å². The SMILES string of the molecule is COC(=O)c1cc(Br)c(NCCc2cc(C)no2)nc1C. The van der Waals surface area contributed by atoms with Gasteiger partial charge in [-0.05, 0) is 35.8 Å². The van der Waals surface area contributed by atoms with Crippen molar-refractivity contribution in [1.82, 2.24) is 10.1 Å². The fourth-order valence-corrected chi connectivity index (χ4v) is 2.32. The second-order valence-electron chi connectivity index (χ2n) is 4.55. The second kappa shape index (κ2) is 6.71. The van der Waals surface area contributed by atoms with E-state index < -0.39 is 5.97 Å². The summed E-state index contributed by atoms with van der Waals surface area (Å²) in [6, 6.07) is 3.60. The molecule has 0 aliphatic rings. The minimum atomic E-state index is -0.399. The molecule has 0 saturated carbocycles. The molecular formula is C14H16BrN3O3. The number of anilines is 1. The fourth-order valence-electron chi connectivity index (χ4n) is 1.86. The highest BCUT2D eigenvalue weighted by Gasteiger charge is 2.14. The van der Waals surface area contributed by atoms with Crippen LogP contribution in [0.5, 0.6) is 0 Å². The Morgan fingerprint density at radius 3 is 2.81 bits per heavy atom. The van der Waals surface area contributed by atoms with Crippen molar-refractivity contribution < 1.29 is 14.1 Å². The number of aryl methyl sites for hydroxylation is 2. The lowest BCUT2D eigenvalue weighted by Crippen LogP contribution is -2.10. The average molecular weight is 354 g/mol. The van der Waals surface area contributed by atoms with Gasteiger partial charge in [-0.3, -0.25) is 0 Å². The Bertz CT molecular complexity index is 655. The Hall–Kier alpha value is -1.89. The van der Waals surface area contributed by atoms with Gasteiger partial charge in [-0.1, -0.05) is 5.16 Å². The summed E-state index contributed by atoms with van der Waals surface area (Å²) in [6.45, 7) is 4.30. The average Bonchev–Trinajstić information content (AvgIpc) is 2.87. The van der Waals surface area contributed by atoms with Crippen LogP contribution in [-0.2, 0) is 11.2 Å². The molecule has 0 saturated heterocycles. The van der Waals surface area contributed by atoms with Gasteiger partial charge in [0.05, 0.1) is 28.5 Å². The van der Waals surface area contributed by atoms with E-state index in [0.29, 0.717) is 34.5 Å². The largest absolute Gasteiger partial charge is 0.465 e. The first-order valence-electron chi connectivity index (χ1n) is 6.42. The molecular weight excluding hydrogens is 338 g/mol. The van der Waals surface area contributed by atoms with Gasteiger partial charge >= 0.3 is 5.97 Å². The van der Waals surface area contributed by atoms with Crippen LogP contribution in [0.2, 0.25) is 0 Å². The van der Waals surface area contributed by atoms with Crippen molar-refractivity contribution in [3.63, 3.8) is 0 Å². The predicted octanol–water partition coefficient (Wildman–Crippen LogP) is 2.89. The number of carbonyl (C=O) groups excluding carboxylic acids is 1. The summed E-state index contributed by atoms with van der Waals surface area (Å²) in [5, 5.41) is 7.03. The van der Waals surface area contributed by atoms with Crippen LogP contribution in [0.3, 0.4) is 0 Å². The van der Waals surface area contributed by atoms with Gasteiger partial charge in [0, 0.05) is 19.0 Å². The third kappa shape index (κ3) is 3.81. The highest BCUT2D eigenvalue weighted by Crippen LogP contribution is 2.23. The summed E-state index contributed by atoms with van der Waals surface area (Å²) in [5.41, 5.74) is 1.92. The molecule has 2 rings (SSSR count).